The van der Waals surface area contributed by atoms with Gasteiger partial charge in [-0.2, -0.15) is 0 Å². The van der Waals surface area contributed by atoms with E-state index in [9.17, 15) is 23.5 Å². The van der Waals surface area contributed by atoms with Crippen LogP contribution in [0.5, 0.6) is 0 Å². The quantitative estimate of drug-likeness (QED) is 0.162. The topological polar surface area (TPSA) is 207 Å². The molecule has 13 heteroatoms. The van der Waals surface area contributed by atoms with Crippen LogP contribution in [0.3, 0.4) is 0 Å². The van der Waals surface area contributed by atoms with Crippen molar-refractivity contribution in [3.05, 3.63) is 0 Å². The van der Waals surface area contributed by atoms with E-state index in [1.54, 1.807) is 0 Å². The number of rotatable bonds is 6. The van der Waals surface area contributed by atoms with Crippen LogP contribution in [0.4, 0.5) is 0 Å². The molecule has 0 heterocycles. The first-order valence-corrected chi connectivity index (χ1v) is 7.19. The van der Waals surface area contributed by atoms with E-state index in [4.69, 9.17) is 29.8 Å². The summed E-state index contributed by atoms with van der Waals surface area (Å²) in [5.74, 6) is -7.60. The summed E-state index contributed by atoms with van der Waals surface area (Å²) in [6, 6.07) is 0. The van der Waals surface area contributed by atoms with Crippen LogP contribution < -0.4 is 0 Å². The number of ketones is 2. The fraction of sp³-hybridized carbons (Fsp3) is 0.400. The Bertz CT molecular complexity index is 468. The highest BCUT2D eigenvalue weighted by molar-refractivity contribution is 7.73. The molecule has 0 spiro atoms. The first kappa shape index (κ1) is 17.2. The SMILES string of the molecule is O=C(C(=O)C(O)C(O)P(=O)(O)O)C(=O)P(=O)(O)O. The molecule has 18 heavy (non-hydrogen) atoms. The van der Waals surface area contributed by atoms with Crippen molar-refractivity contribution in [1.29, 1.82) is 0 Å². The average molecular weight is 306 g/mol. The standard InChI is InChI=1S/C5H8O11P2/c6-1(2(7)4(9)17(11,12)13)3(8)5(10)18(14,15)16/h2,4,7,9H,(H2,11,12,13)(H2,14,15,16). The van der Waals surface area contributed by atoms with Crippen LogP contribution in [-0.2, 0) is 23.5 Å². The highest BCUT2D eigenvalue weighted by Crippen LogP contribution is 2.42. The van der Waals surface area contributed by atoms with E-state index in [1.807, 2.05) is 0 Å². The number of Topliss-reactive ketones (excluding diaryl/α,β-unsaturated/α-hetero) is 2. The molecule has 0 amide bonds. The lowest BCUT2D eigenvalue weighted by Crippen LogP contribution is -2.40. The maximum absolute atomic E-state index is 11.0. The van der Waals surface area contributed by atoms with E-state index in [-0.39, 0.29) is 0 Å². The first-order valence-electron chi connectivity index (χ1n) is 3.90. The summed E-state index contributed by atoms with van der Waals surface area (Å²) in [5, 5.41) is 17.7. The van der Waals surface area contributed by atoms with Crippen LogP contribution >= 0.6 is 15.2 Å². The Morgan fingerprint density at radius 3 is 1.56 bits per heavy atom. The third-order valence-electron chi connectivity index (χ3n) is 1.58. The van der Waals surface area contributed by atoms with Crippen molar-refractivity contribution in [1.82, 2.24) is 0 Å². The highest BCUT2D eigenvalue weighted by Gasteiger charge is 2.45. The number of hydrogen-bond acceptors (Lipinski definition) is 7. The molecule has 0 saturated heterocycles. The Balaban J connectivity index is 5.10. The van der Waals surface area contributed by atoms with Crippen molar-refractivity contribution in [2.24, 2.45) is 0 Å². The van der Waals surface area contributed by atoms with E-state index in [0.29, 0.717) is 0 Å². The fourth-order valence-corrected chi connectivity index (χ4v) is 1.57. The Kier molecular flexibility index (Phi) is 5.24. The zero-order valence-electron chi connectivity index (χ0n) is 8.27. The van der Waals surface area contributed by atoms with Crippen molar-refractivity contribution in [2.45, 2.75) is 11.9 Å². The van der Waals surface area contributed by atoms with Gasteiger partial charge in [0.05, 0.1) is 0 Å². The van der Waals surface area contributed by atoms with Crippen molar-refractivity contribution >= 4 is 32.3 Å². The molecule has 0 rings (SSSR count). The lowest BCUT2D eigenvalue weighted by atomic mass is 10.2. The van der Waals surface area contributed by atoms with Crippen LogP contribution in [0.2, 0.25) is 0 Å². The molecule has 0 fully saturated rings. The van der Waals surface area contributed by atoms with E-state index in [1.165, 1.54) is 0 Å². The largest absolute Gasteiger partial charge is 0.400 e. The van der Waals surface area contributed by atoms with Gasteiger partial charge in [0.1, 0.15) is 0 Å². The molecule has 2 unspecified atom stereocenters. The van der Waals surface area contributed by atoms with Gasteiger partial charge in [0.2, 0.25) is 5.78 Å². The number of carbonyl (C=O) groups excluding carboxylic acids is 3. The molecule has 0 aliphatic carbocycles. The van der Waals surface area contributed by atoms with Gasteiger partial charge in [0.25, 0.3) is 5.78 Å². The third-order valence-corrected chi connectivity index (χ3v) is 3.28. The molecule has 0 aromatic carbocycles. The number of aliphatic hydroxyl groups excluding tert-OH is 2. The van der Waals surface area contributed by atoms with Gasteiger partial charge in [-0.3, -0.25) is 23.5 Å². The van der Waals surface area contributed by atoms with E-state index < -0.39 is 44.2 Å². The van der Waals surface area contributed by atoms with Gasteiger partial charge in [-0.05, 0) is 0 Å². The van der Waals surface area contributed by atoms with Crippen molar-refractivity contribution in [3.8, 4) is 0 Å². The minimum absolute atomic E-state index is 2.24. The van der Waals surface area contributed by atoms with Crippen LogP contribution in [0, 0.1) is 0 Å². The third kappa shape index (κ3) is 4.16. The molecular weight excluding hydrogens is 298 g/mol. The number of aliphatic hydroxyl groups is 2. The minimum atomic E-state index is -5.57. The second-order valence-corrected chi connectivity index (χ2v) is 6.19. The summed E-state index contributed by atoms with van der Waals surface area (Å²) < 4.78 is 20.8. The number of hydrogen-bond donors (Lipinski definition) is 6. The van der Waals surface area contributed by atoms with Gasteiger partial charge in [0, 0.05) is 0 Å². The maximum Gasteiger partial charge on any atom is 0.400 e. The van der Waals surface area contributed by atoms with Crippen LogP contribution in [0.1, 0.15) is 0 Å². The molecule has 0 radical (unpaired) electrons. The van der Waals surface area contributed by atoms with E-state index >= 15 is 0 Å². The smallest absolute Gasteiger partial charge is 0.381 e. The Morgan fingerprint density at radius 1 is 0.889 bits per heavy atom. The maximum atomic E-state index is 11.0. The molecule has 104 valence electrons. The summed E-state index contributed by atoms with van der Waals surface area (Å²) >= 11 is 0. The highest BCUT2D eigenvalue weighted by atomic mass is 31.2. The molecule has 0 bridgehead atoms. The van der Waals surface area contributed by atoms with Crippen molar-refractivity contribution in [3.63, 3.8) is 0 Å². The van der Waals surface area contributed by atoms with E-state index in [0.717, 1.165) is 0 Å². The second kappa shape index (κ2) is 5.47. The second-order valence-electron chi connectivity index (χ2n) is 2.99. The molecule has 2 atom stereocenters. The Morgan fingerprint density at radius 2 is 1.28 bits per heavy atom. The molecule has 0 aliphatic rings. The molecule has 0 aromatic heterocycles. The molecule has 6 N–H and O–H groups in total. The molecule has 0 saturated carbocycles. The summed E-state index contributed by atoms with van der Waals surface area (Å²) in [5.41, 5.74) is -2.45. The van der Waals surface area contributed by atoms with Crippen LogP contribution in [-0.4, -0.2) is 58.8 Å². The zero-order chi connectivity index (χ0) is 14.9. The summed E-state index contributed by atoms with van der Waals surface area (Å²) in [7, 11) is -10.9. The fourth-order valence-electron chi connectivity index (χ4n) is 0.691. The zero-order valence-corrected chi connectivity index (χ0v) is 10.1. The van der Waals surface area contributed by atoms with Gasteiger partial charge in [-0.15, -0.1) is 0 Å². The van der Waals surface area contributed by atoms with Crippen LogP contribution in [0.25, 0.3) is 0 Å². The Hall–Kier alpha value is -0.770. The van der Waals surface area contributed by atoms with Gasteiger partial charge in [-0.1, -0.05) is 0 Å². The normalized spacial score (nSPS) is 15.9. The molecule has 0 aliphatic heterocycles. The average Bonchev–Trinajstić information content (AvgIpc) is 2.21. The minimum Gasteiger partial charge on any atom is -0.381 e. The van der Waals surface area contributed by atoms with E-state index in [2.05, 4.69) is 0 Å². The summed E-state index contributed by atoms with van der Waals surface area (Å²) in [6.45, 7) is 0. The van der Waals surface area contributed by atoms with Gasteiger partial charge >= 0.3 is 20.7 Å². The molecular formula is C5H8O11P2. The van der Waals surface area contributed by atoms with Gasteiger partial charge in [-0.25, -0.2) is 0 Å². The van der Waals surface area contributed by atoms with Crippen LogP contribution in [0.15, 0.2) is 0 Å². The van der Waals surface area contributed by atoms with Crippen molar-refractivity contribution < 1.29 is 53.3 Å². The predicted molar refractivity (Wildman–Crippen MR) is 51.1 cm³/mol. The Labute approximate surface area is 98.4 Å². The first-order chi connectivity index (χ1) is 7.80. The predicted octanol–water partition coefficient (Wildman–Crippen LogP) is -3.31. The number of carbonyl (C=O) groups is 3. The van der Waals surface area contributed by atoms with Crippen molar-refractivity contribution in [2.75, 3.05) is 0 Å². The monoisotopic (exact) mass is 306 g/mol. The molecule has 0 aromatic rings. The summed E-state index contributed by atoms with van der Waals surface area (Å²) in [6.07, 6.45) is -2.98. The van der Waals surface area contributed by atoms with Gasteiger partial charge in [0.15, 0.2) is 11.9 Å². The lowest BCUT2D eigenvalue weighted by Gasteiger charge is -2.16. The van der Waals surface area contributed by atoms with Gasteiger partial charge < -0.3 is 29.8 Å². The lowest BCUT2D eigenvalue weighted by molar-refractivity contribution is -0.147. The molecule has 11 nitrogen and oxygen atoms in total. The summed E-state index contributed by atoms with van der Waals surface area (Å²) in [4.78, 5) is 65.8.